The van der Waals surface area contributed by atoms with Gasteiger partial charge in [0.05, 0.1) is 11.1 Å². The number of imide groups is 2. The second-order valence-corrected chi connectivity index (χ2v) is 10.5. The molecule has 4 amide bonds. The standard InChI is InChI=1S/C55H14N2O5/c1-3-4-5-6-7-8-9-10-11-12-13-14-15-16-17-18-19-20-21-22-23-24-25-26-27-28-29-30-31-32-33-34-35-36-51(56-52(58)43-44-53(56)59)57-54(60)49-42-41-48(45-50(49)55(57)61)62-47-39-37-46(2)38-40-47/h37-45H,1H2,2H3. The highest BCUT2D eigenvalue weighted by Crippen LogP contribution is 2.32. The molecule has 0 radical (unpaired) electrons. The molecule has 4 rings (SSSR count). The summed E-state index contributed by atoms with van der Waals surface area (Å²) >= 11 is 0. The van der Waals surface area contributed by atoms with Crippen molar-refractivity contribution in [3.8, 4) is 11.5 Å². The number of rotatable bonds is 4. The number of nitrogens with zero attached hydrogens (tertiary/aromatic N) is 2. The van der Waals surface area contributed by atoms with Crippen molar-refractivity contribution in [2.24, 2.45) is 0 Å². The van der Waals surface area contributed by atoms with Crippen LogP contribution in [0, 0.1) is 6.92 Å². The fraction of sp³-hybridized carbons (Fsp3) is 0.0182. The lowest BCUT2D eigenvalue weighted by molar-refractivity contribution is -0.135. The number of carbonyl (C=O) groups excluding carboxylic acids is 4. The Hall–Kier alpha value is -11.5. The van der Waals surface area contributed by atoms with E-state index in [0.717, 1.165) is 17.7 Å². The van der Waals surface area contributed by atoms with Crippen molar-refractivity contribution in [2.45, 2.75) is 6.92 Å². The van der Waals surface area contributed by atoms with E-state index >= 15 is 0 Å². The summed E-state index contributed by atoms with van der Waals surface area (Å²) in [6.07, 6.45) is 1.99. The summed E-state index contributed by atoms with van der Waals surface area (Å²) in [6.45, 7) is 5.24. The Bertz CT molecular complexity index is 3820. The molecule has 0 N–H and O–H groups in total. The highest BCUT2D eigenvalue weighted by Gasteiger charge is 2.43. The summed E-state index contributed by atoms with van der Waals surface area (Å²) in [7, 11) is 0. The molecule has 7 heteroatoms. The molecule has 0 spiro atoms. The summed E-state index contributed by atoms with van der Waals surface area (Å²) in [5.41, 5.74) is 85.0. The minimum atomic E-state index is -0.806. The zero-order valence-corrected chi connectivity index (χ0v) is 31.8. The van der Waals surface area contributed by atoms with Crippen molar-refractivity contribution in [1.29, 1.82) is 0 Å². The van der Waals surface area contributed by atoms with Crippen LogP contribution in [-0.2, 0) is 9.59 Å². The molecule has 2 aliphatic rings. The second-order valence-electron chi connectivity index (χ2n) is 10.5. The molecule has 2 aliphatic heterocycles. The van der Waals surface area contributed by atoms with Crippen molar-refractivity contribution >= 4 is 23.6 Å². The van der Waals surface area contributed by atoms with E-state index in [-0.39, 0.29) is 11.1 Å². The number of hydrogen-bond donors (Lipinski definition) is 0. The lowest BCUT2D eigenvalue weighted by Crippen LogP contribution is -2.41. The lowest BCUT2D eigenvalue weighted by atomic mass is 10.1. The van der Waals surface area contributed by atoms with Crippen LogP contribution in [0.5, 0.6) is 11.5 Å². The van der Waals surface area contributed by atoms with Gasteiger partial charge in [0.1, 0.15) is 11.5 Å². The molecule has 0 unspecified atom stereocenters. The molecule has 0 aliphatic carbocycles. The van der Waals surface area contributed by atoms with Gasteiger partial charge in [-0.25, -0.2) is 9.80 Å². The topological polar surface area (TPSA) is 84.0 Å². The van der Waals surface area contributed by atoms with Crippen LogP contribution in [0.15, 0.2) is 262 Å². The van der Waals surface area contributed by atoms with Crippen LogP contribution in [0.2, 0.25) is 0 Å². The fourth-order valence-electron chi connectivity index (χ4n) is 4.11. The SMILES string of the molecule is C=C=C=C=C=C=C=C=C=C=C=C=C=C=C=C=C=C=C=C=C=C=C=C=C=C=C=C=C=C=C=C=C=C=C=C(N1C(=O)C=CC1=O)N1C(=O)c2ccc(Oc3ccc(C)cc3)cc2C1=O. The molecule has 2 aromatic rings. The first kappa shape index (κ1) is 43.3. The smallest absolute Gasteiger partial charge is 0.267 e. The fourth-order valence-corrected chi connectivity index (χ4v) is 4.11. The minimum Gasteiger partial charge on any atom is -0.457 e. The monoisotopic (exact) mass is 782 g/mol. The highest BCUT2D eigenvalue weighted by atomic mass is 16.5. The highest BCUT2D eigenvalue weighted by molar-refractivity contribution is 6.24. The largest absolute Gasteiger partial charge is 0.457 e. The predicted molar refractivity (Wildman–Crippen MR) is 218 cm³/mol. The van der Waals surface area contributed by atoms with E-state index in [1.807, 2.05) is 19.1 Å². The minimum absolute atomic E-state index is 0.00338. The van der Waals surface area contributed by atoms with E-state index in [9.17, 15) is 19.2 Å². The molecule has 0 saturated heterocycles. The number of amides is 4. The molecule has 2 aromatic carbocycles. The average molecular weight is 783 g/mol. The number of benzene rings is 2. The number of hydrogen-bond acceptors (Lipinski definition) is 5. The first-order valence-corrected chi connectivity index (χ1v) is 16.9. The summed E-state index contributed by atoms with van der Waals surface area (Å²) in [4.78, 5) is 53.3. The molecule has 274 valence electrons. The van der Waals surface area contributed by atoms with Gasteiger partial charge >= 0.3 is 0 Å². The van der Waals surface area contributed by atoms with Crippen LogP contribution >= 0.6 is 0 Å². The Morgan fingerprint density at radius 2 is 0.758 bits per heavy atom. The van der Waals surface area contributed by atoms with Crippen molar-refractivity contribution < 1.29 is 23.9 Å². The zero-order chi connectivity index (χ0) is 44.0. The third-order valence-corrected chi connectivity index (χ3v) is 6.55. The maximum absolute atomic E-state index is 13.5. The second kappa shape index (κ2) is 24.8. The number of ether oxygens (including phenoxy) is 1. The molecule has 0 saturated carbocycles. The van der Waals surface area contributed by atoms with E-state index in [0.29, 0.717) is 21.3 Å². The molecular weight excluding hydrogens is 769 g/mol. The Morgan fingerprint density at radius 3 is 1.15 bits per heavy atom. The van der Waals surface area contributed by atoms with Crippen molar-refractivity contribution in [2.75, 3.05) is 0 Å². The van der Waals surface area contributed by atoms with Gasteiger partial charge in [0.25, 0.3) is 23.6 Å². The summed E-state index contributed by atoms with van der Waals surface area (Å²) in [5, 5.41) is 0. The summed E-state index contributed by atoms with van der Waals surface area (Å²) in [6, 6.07) is 11.6. The zero-order valence-electron chi connectivity index (χ0n) is 31.8. The Labute approximate surface area is 353 Å². The predicted octanol–water partition coefficient (Wildman–Crippen LogP) is 8.05. The average Bonchev–Trinajstić information content (AvgIpc) is 3.73. The third-order valence-electron chi connectivity index (χ3n) is 6.55. The molecule has 0 bridgehead atoms. The molecule has 62 heavy (non-hydrogen) atoms. The van der Waals surface area contributed by atoms with Gasteiger partial charge in [-0.1, -0.05) is 23.4 Å². The van der Waals surface area contributed by atoms with Crippen LogP contribution in [0.3, 0.4) is 0 Å². The van der Waals surface area contributed by atoms with Gasteiger partial charge in [-0.2, -0.15) is 0 Å². The van der Waals surface area contributed by atoms with Crippen molar-refractivity contribution in [1.82, 2.24) is 9.80 Å². The van der Waals surface area contributed by atoms with Crippen LogP contribution in [0.1, 0.15) is 26.3 Å². The van der Waals surface area contributed by atoms with Crippen molar-refractivity contribution in [3.05, 3.63) is 279 Å². The van der Waals surface area contributed by atoms with Gasteiger partial charge in [-0.05, 0) is 141 Å². The van der Waals surface area contributed by atoms with Crippen LogP contribution in [0.4, 0.5) is 0 Å². The van der Waals surface area contributed by atoms with Gasteiger partial charge in [-0.3, -0.25) is 19.2 Å². The summed E-state index contributed by atoms with van der Waals surface area (Å²) < 4.78 is 5.84. The molecular formula is C55H14N2O5. The molecule has 0 atom stereocenters. The number of aryl methyl sites for hydroxylation is 1. The molecule has 2 heterocycles. The van der Waals surface area contributed by atoms with Crippen LogP contribution in [0.25, 0.3) is 0 Å². The maximum Gasteiger partial charge on any atom is 0.267 e. The van der Waals surface area contributed by atoms with E-state index < -0.39 is 29.4 Å². The number of carbonyl (C=O) groups is 4. The molecule has 0 fully saturated rings. The van der Waals surface area contributed by atoms with Gasteiger partial charge in [0.2, 0.25) is 0 Å². The molecule has 0 aromatic heterocycles. The van der Waals surface area contributed by atoms with Gasteiger partial charge in [-0.15, -0.1) is 0 Å². The van der Waals surface area contributed by atoms with E-state index in [1.54, 1.807) is 12.1 Å². The first-order valence-electron chi connectivity index (χ1n) is 16.9. The van der Waals surface area contributed by atoms with Gasteiger partial charge in [0.15, 0.2) is 5.82 Å². The van der Waals surface area contributed by atoms with E-state index in [2.05, 4.69) is 201 Å². The van der Waals surface area contributed by atoms with Gasteiger partial charge < -0.3 is 4.74 Å². The normalized spacial score (nSPS) is 9.18. The first-order chi connectivity index (χ1) is 30.4. The summed E-state index contributed by atoms with van der Waals surface area (Å²) in [5.74, 6) is -2.83. The molecule has 7 nitrogen and oxygen atoms in total. The Morgan fingerprint density at radius 1 is 0.419 bits per heavy atom. The van der Waals surface area contributed by atoms with E-state index in [4.69, 9.17) is 4.74 Å². The Kier molecular flexibility index (Phi) is 17.3. The van der Waals surface area contributed by atoms with Crippen LogP contribution in [-0.4, -0.2) is 33.4 Å². The van der Waals surface area contributed by atoms with Gasteiger partial charge in [0, 0.05) is 104 Å². The van der Waals surface area contributed by atoms with Crippen molar-refractivity contribution in [3.63, 3.8) is 0 Å². The third kappa shape index (κ3) is 14.3. The van der Waals surface area contributed by atoms with E-state index in [1.165, 1.54) is 18.2 Å². The van der Waals surface area contributed by atoms with Crippen LogP contribution < -0.4 is 4.74 Å². The number of fused-ring (bicyclic) bond motifs is 1. The lowest BCUT2D eigenvalue weighted by Gasteiger charge is -2.22. The Balaban J connectivity index is 1.59. The maximum atomic E-state index is 13.5. The quantitative estimate of drug-likeness (QED) is 0.232.